The molecular weight excluding hydrogens is 236 g/mol. The lowest BCUT2D eigenvalue weighted by Crippen LogP contribution is -2.39. The molecule has 0 aliphatic rings. The van der Waals surface area contributed by atoms with Gasteiger partial charge < -0.3 is 14.8 Å². The highest BCUT2D eigenvalue weighted by Gasteiger charge is 2.26. The fraction of sp³-hybridized carbons (Fsp3) is 0.333. The Morgan fingerprint density at radius 3 is 2.72 bits per heavy atom. The molecule has 0 spiro atoms. The van der Waals surface area contributed by atoms with Crippen LogP contribution in [0.25, 0.3) is 11.1 Å². The summed E-state index contributed by atoms with van der Waals surface area (Å²) < 4.78 is 6.42. The zero-order valence-electron chi connectivity index (χ0n) is 10.4. The van der Waals surface area contributed by atoms with Crippen LogP contribution in [0.5, 0.6) is 0 Å². The van der Waals surface area contributed by atoms with E-state index in [1.54, 1.807) is 39.1 Å². The van der Waals surface area contributed by atoms with Gasteiger partial charge in [0.05, 0.1) is 5.52 Å². The molecule has 2 rings (SSSR count). The second kappa shape index (κ2) is 3.90. The van der Waals surface area contributed by atoms with Gasteiger partial charge in [-0.1, -0.05) is 0 Å². The summed E-state index contributed by atoms with van der Waals surface area (Å²) in [7, 11) is 1.61. The van der Waals surface area contributed by atoms with Crippen LogP contribution < -0.4 is 11.1 Å². The van der Waals surface area contributed by atoms with E-state index in [-0.39, 0.29) is 0 Å². The molecule has 1 heterocycles. The summed E-state index contributed by atoms with van der Waals surface area (Å²) in [5, 5.41) is 11.9. The normalized spacial score (nSPS) is 11.7. The molecule has 2 aromatic rings. The van der Waals surface area contributed by atoms with Crippen molar-refractivity contribution >= 4 is 22.8 Å². The molecule has 0 unspecified atom stereocenters. The second-order valence-corrected chi connectivity index (χ2v) is 4.66. The third kappa shape index (κ3) is 1.97. The number of benzene rings is 1. The average molecular weight is 250 g/mol. The van der Waals surface area contributed by atoms with E-state index in [1.165, 1.54) is 4.57 Å². The predicted molar refractivity (Wildman–Crippen MR) is 66.8 cm³/mol. The number of hydrogen-bond donors (Lipinski definition) is 2. The first-order valence-corrected chi connectivity index (χ1v) is 5.42. The molecule has 0 bridgehead atoms. The molecule has 0 radical (unpaired) electrons. The van der Waals surface area contributed by atoms with E-state index in [1.807, 2.05) is 0 Å². The van der Waals surface area contributed by atoms with Crippen molar-refractivity contribution in [1.82, 2.24) is 4.57 Å². The summed E-state index contributed by atoms with van der Waals surface area (Å²) in [4.78, 5) is 22.3. The molecule has 96 valence electrons. The smallest absolute Gasteiger partial charge is 0.419 e. The van der Waals surface area contributed by atoms with E-state index in [0.717, 1.165) is 0 Å². The minimum Gasteiger partial charge on any atom is -0.480 e. The maximum Gasteiger partial charge on any atom is 0.419 e. The number of aliphatic carboxylic acids is 1. The Hall–Kier alpha value is -2.24. The first-order chi connectivity index (χ1) is 8.31. The third-order valence-corrected chi connectivity index (χ3v) is 2.78. The van der Waals surface area contributed by atoms with Crippen molar-refractivity contribution in [3.8, 4) is 0 Å². The van der Waals surface area contributed by atoms with Crippen molar-refractivity contribution < 1.29 is 14.3 Å². The Morgan fingerprint density at radius 1 is 1.44 bits per heavy atom. The number of fused-ring (bicyclic) bond motifs is 1. The van der Waals surface area contributed by atoms with Gasteiger partial charge >= 0.3 is 11.7 Å². The fourth-order valence-electron chi connectivity index (χ4n) is 1.63. The molecule has 6 nitrogen and oxygen atoms in total. The van der Waals surface area contributed by atoms with Crippen molar-refractivity contribution in [2.24, 2.45) is 7.05 Å². The van der Waals surface area contributed by atoms with Crippen molar-refractivity contribution in [2.45, 2.75) is 19.4 Å². The van der Waals surface area contributed by atoms with Crippen molar-refractivity contribution in [1.29, 1.82) is 0 Å². The molecule has 0 saturated carbocycles. The lowest BCUT2D eigenvalue weighted by molar-refractivity contribution is -0.141. The predicted octanol–water partition coefficient (Wildman–Crippen LogP) is 1.41. The van der Waals surface area contributed by atoms with Gasteiger partial charge in [0, 0.05) is 18.8 Å². The monoisotopic (exact) mass is 250 g/mol. The number of oxazole rings is 1. The number of carboxylic acids is 1. The molecule has 0 saturated heterocycles. The highest BCUT2D eigenvalue weighted by atomic mass is 16.4. The van der Waals surface area contributed by atoms with Crippen LogP contribution in [0.4, 0.5) is 5.69 Å². The Balaban J connectivity index is 2.43. The maximum atomic E-state index is 11.3. The maximum absolute atomic E-state index is 11.3. The van der Waals surface area contributed by atoms with E-state index in [4.69, 9.17) is 9.52 Å². The Bertz CT molecular complexity index is 666. The van der Waals surface area contributed by atoms with Gasteiger partial charge in [-0.2, -0.15) is 0 Å². The highest BCUT2D eigenvalue weighted by molar-refractivity contribution is 5.83. The Labute approximate surface area is 103 Å². The van der Waals surface area contributed by atoms with E-state index < -0.39 is 17.3 Å². The largest absolute Gasteiger partial charge is 0.480 e. The fourth-order valence-corrected chi connectivity index (χ4v) is 1.63. The number of carbonyl (C=O) groups is 1. The number of aryl methyl sites for hydroxylation is 1. The summed E-state index contributed by atoms with van der Waals surface area (Å²) in [5.74, 6) is -1.41. The SMILES string of the molecule is Cn1c(=O)oc2cc(NC(C)(C)C(=O)O)ccc21. The van der Waals surface area contributed by atoms with Gasteiger partial charge in [0.1, 0.15) is 5.54 Å². The van der Waals surface area contributed by atoms with Crippen LogP contribution in [0.15, 0.2) is 27.4 Å². The number of anilines is 1. The molecule has 0 aliphatic carbocycles. The lowest BCUT2D eigenvalue weighted by atomic mass is 10.1. The van der Waals surface area contributed by atoms with E-state index >= 15 is 0 Å². The quantitative estimate of drug-likeness (QED) is 0.860. The zero-order valence-corrected chi connectivity index (χ0v) is 10.4. The van der Waals surface area contributed by atoms with Crippen molar-refractivity contribution in [3.63, 3.8) is 0 Å². The molecule has 2 N–H and O–H groups in total. The van der Waals surface area contributed by atoms with Crippen molar-refractivity contribution in [2.75, 3.05) is 5.32 Å². The van der Waals surface area contributed by atoms with Gasteiger partial charge in [0.2, 0.25) is 0 Å². The summed E-state index contributed by atoms with van der Waals surface area (Å²) in [6.07, 6.45) is 0. The number of carboxylic acid groups (broad SMARTS) is 1. The molecule has 1 aromatic heterocycles. The first kappa shape index (κ1) is 12.2. The van der Waals surface area contributed by atoms with Crippen molar-refractivity contribution in [3.05, 3.63) is 28.7 Å². The summed E-state index contributed by atoms with van der Waals surface area (Å²) in [6, 6.07) is 5.03. The molecule has 18 heavy (non-hydrogen) atoms. The second-order valence-electron chi connectivity index (χ2n) is 4.66. The number of aromatic nitrogens is 1. The summed E-state index contributed by atoms with van der Waals surface area (Å²) >= 11 is 0. The highest BCUT2D eigenvalue weighted by Crippen LogP contribution is 2.21. The van der Waals surface area contributed by atoms with Crippen LogP contribution in [0.2, 0.25) is 0 Å². The minimum atomic E-state index is -1.09. The lowest BCUT2D eigenvalue weighted by Gasteiger charge is -2.22. The summed E-state index contributed by atoms with van der Waals surface area (Å²) in [6.45, 7) is 3.11. The van der Waals surface area contributed by atoms with E-state index in [2.05, 4.69) is 5.32 Å². The molecule has 0 aliphatic heterocycles. The minimum absolute atomic E-state index is 0.425. The van der Waals surface area contributed by atoms with Crippen LogP contribution in [0.3, 0.4) is 0 Å². The van der Waals surface area contributed by atoms with Gasteiger partial charge in [-0.05, 0) is 26.0 Å². The molecular formula is C12H14N2O4. The number of hydrogen-bond acceptors (Lipinski definition) is 4. The molecule has 0 fully saturated rings. The molecule has 0 amide bonds. The topological polar surface area (TPSA) is 84.5 Å². The Kier molecular flexibility index (Phi) is 2.65. The first-order valence-electron chi connectivity index (χ1n) is 5.42. The standard InChI is InChI=1S/C12H14N2O4/c1-12(2,10(15)16)13-7-4-5-8-9(6-7)18-11(17)14(8)3/h4-6,13H,1-3H3,(H,15,16). The van der Waals surface area contributed by atoms with Crippen LogP contribution >= 0.6 is 0 Å². The average Bonchev–Trinajstić information content (AvgIpc) is 2.53. The van der Waals surface area contributed by atoms with Gasteiger partial charge in [-0.3, -0.25) is 4.57 Å². The van der Waals surface area contributed by atoms with E-state index in [0.29, 0.717) is 16.8 Å². The van der Waals surface area contributed by atoms with Crippen LogP contribution in [-0.4, -0.2) is 21.2 Å². The molecule has 0 atom stereocenters. The molecule has 6 heteroatoms. The molecule has 1 aromatic carbocycles. The van der Waals surface area contributed by atoms with E-state index in [9.17, 15) is 9.59 Å². The number of nitrogens with zero attached hydrogens (tertiary/aromatic N) is 1. The van der Waals surface area contributed by atoms with Crippen LogP contribution in [-0.2, 0) is 11.8 Å². The zero-order chi connectivity index (χ0) is 13.5. The van der Waals surface area contributed by atoms with Crippen LogP contribution in [0, 0.1) is 0 Å². The van der Waals surface area contributed by atoms with Gasteiger partial charge in [-0.25, -0.2) is 9.59 Å². The third-order valence-electron chi connectivity index (χ3n) is 2.78. The van der Waals surface area contributed by atoms with Crippen LogP contribution in [0.1, 0.15) is 13.8 Å². The Morgan fingerprint density at radius 2 is 2.11 bits per heavy atom. The van der Waals surface area contributed by atoms with Gasteiger partial charge in [0.15, 0.2) is 5.58 Å². The number of nitrogens with one attached hydrogen (secondary N) is 1. The summed E-state index contributed by atoms with van der Waals surface area (Å²) in [5.41, 5.74) is 0.583. The number of rotatable bonds is 3. The van der Waals surface area contributed by atoms with Gasteiger partial charge in [0.25, 0.3) is 0 Å². The van der Waals surface area contributed by atoms with Gasteiger partial charge in [-0.15, -0.1) is 0 Å².